The van der Waals surface area contributed by atoms with Gasteiger partial charge in [-0.3, -0.25) is 4.90 Å². The normalized spacial score (nSPS) is 11.4. The number of nitrogens with zero attached hydrogens (tertiary/aromatic N) is 3. The van der Waals surface area contributed by atoms with E-state index < -0.39 is 5.60 Å². The molecule has 0 fully saturated rings. The number of carbonyl (C=O) groups excluding carboxylic acids is 2. The summed E-state index contributed by atoms with van der Waals surface area (Å²) >= 11 is 0. The fourth-order valence-electron chi connectivity index (χ4n) is 5.48. The molecule has 0 N–H and O–H groups in total. The number of amides is 1. The largest absolute Gasteiger partial charge is 0.456 e. The van der Waals surface area contributed by atoms with Crippen LogP contribution < -0.4 is 4.90 Å². The Labute approximate surface area is 271 Å². The SMILES string of the molecule is CCCCc1nc2ccc(N(Cc3ccccc3)C(=O)OCC)cc2n1Cc1ccc(-c2ccccc2C(=O)OC(C)(C)C)cc1. The summed E-state index contributed by atoms with van der Waals surface area (Å²) in [6.45, 7) is 10.9. The summed E-state index contributed by atoms with van der Waals surface area (Å²) in [5.41, 5.74) is 6.47. The molecule has 1 aromatic heterocycles. The Morgan fingerprint density at radius 2 is 1.57 bits per heavy atom. The van der Waals surface area contributed by atoms with Crippen LogP contribution in [0.2, 0.25) is 0 Å². The average Bonchev–Trinajstić information content (AvgIpc) is 3.38. The topological polar surface area (TPSA) is 73.7 Å². The quantitative estimate of drug-likeness (QED) is 0.138. The van der Waals surface area contributed by atoms with E-state index in [0.717, 1.165) is 64.1 Å². The molecule has 0 saturated heterocycles. The van der Waals surface area contributed by atoms with E-state index >= 15 is 0 Å². The second kappa shape index (κ2) is 14.5. The summed E-state index contributed by atoms with van der Waals surface area (Å²) in [5.74, 6) is 0.677. The van der Waals surface area contributed by atoms with Crippen molar-refractivity contribution in [3.63, 3.8) is 0 Å². The Bertz CT molecular complexity index is 1790. The van der Waals surface area contributed by atoms with Crippen molar-refractivity contribution < 1.29 is 19.1 Å². The van der Waals surface area contributed by atoms with Gasteiger partial charge in [-0.25, -0.2) is 14.6 Å². The minimum absolute atomic E-state index is 0.295. The van der Waals surface area contributed by atoms with Crippen LogP contribution in [0.25, 0.3) is 22.2 Å². The van der Waals surface area contributed by atoms with E-state index in [0.29, 0.717) is 25.3 Å². The van der Waals surface area contributed by atoms with Gasteiger partial charge in [0.1, 0.15) is 11.4 Å². The van der Waals surface area contributed by atoms with E-state index in [1.165, 1.54) is 0 Å². The Hall–Kier alpha value is -4.91. The highest BCUT2D eigenvalue weighted by molar-refractivity contribution is 5.97. The van der Waals surface area contributed by atoms with Gasteiger partial charge in [0, 0.05) is 18.7 Å². The maximum absolute atomic E-state index is 13.1. The molecule has 1 heterocycles. The van der Waals surface area contributed by atoms with E-state index in [4.69, 9.17) is 14.5 Å². The van der Waals surface area contributed by atoms with Crippen LogP contribution in [0.3, 0.4) is 0 Å². The van der Waals surface area contributed by atoms with Crippen LogP contribution in [0.15, 0.2) is 97.1 Å². The van der Waals surface area contributed by atoms with E-state index in [-0.39, 0.29) is 12.1 Å². The highest BCUT2D eigenvalue weighted by Gasteiger charge is 2.22. The number of esters is 1. The minimum Gasteiger partial charge on any atom is -0.456 e. The van der Waals surface area contributed by atoms with Crippen LogP contribution in [0.4, 0.5) is 10.5 Å². The number of hydrogen-bond donors (Lipinski definition) is 0. The molecule has 0 saturated carbocycles. The fourth-order valence-corrected chi connectivity index (χ4v) is 5.48. The van der Waals surface area contributed by atoms with Gasteiger partial charge in [0.2, 0.25) is 0 Å². The number of aryl methyl sites for hydroxylation is 1. The van der Waals surface area contributed by atoms with Crippen molar-refractivity contribution in [2.75, 3.05) is 11.5 Å². The number of anilines is 1. The van der Waals surface area contributed by atoms with Crippen molar-refractivity contribution in [1.29, 1.82) is 0 Å². The summed E-state index contributed by atoms with van der Waals surface area (Å²) in [5, 5.41) is 0. The van der Waals surface area contributed by atoms with Gasteiger partial charge in [-0.1, -0.05) is 86.1 Å². The standard InChI is InChI=1S/C39H43N3O4/c1-6-8-18-36-40-34-24-23-31(41(38(44)45-7-2)26-28-14-10-9-11-15-28)25-35(34)42(36)27-29-19-21-30(22-20-29)32-16-12-13-17-33(32)37(43)46-39(3,4)5/h9-17,19-25H,6-8,18,26-27H2,1-5H3. The van der Waals surface area contributed by atoms with Crippen LogP contribution in [-0.2, 0) is 29.0 Å². The van der Waals surface area contributed by atoms with Crippen LogP contribution in [0, 0.1) is 0 Å². The number of ether oxygens (including phenoxy) is 2. The molecule has 0 aliphatic rings. The van der Waals surface area contributed by atoms with Crippen molar-refractivity contribution in [2.24, 2.45) is 0 Å². The van der Waals surface area contributed by atoms with Gasteiger partial charge >= 0.3 is 12.1 Å². The zero-order chi connectivity index (χ0) is 32.7. The third-order valence-corrected chi connectivity index (χ3v) is 7.70. The van der Waals surface area contributed by atoms with Crippen LogP contribution >= 0.6 is 0 Å². The van der Waals surface area contributed by atoms with Gasteiger partial charge in [-0.15, -0.1) is 0 Å². The molecule has 1 amide bonds. The number of imidazole rings is 1. The van der Waals surface area contributed by atoms with Gasteiger partial charge in [0.05, 0.1) is 29.7 Å². The number of fused-ring (bicyclic) bond motifs is 1. The Balaban J connectivity index is 1.48. The first-order chi connectivity index (χ1) is 22.2. The van der Waals surface area contributed by atoms with Gasteiger partial charge in [-0.2, -0.15) is 0 Å². The molecule has 0 atom stereocenters. The number of hydrogen-bond acceptors (Lipinski definition) is 5. The van der Waals surface area contributed by atoms with Gasteiger partial charge in [0.15, 0.2) is 0 Å². The predicted octanol–water partition coefficient (Wildman–Crippen LogP) is 9.21. The third-order valence-electron chi connectivity index (χ3n) is 7.70. The summed E-state index contributed by atoms with van der Waals surface area (Å²) in [6.07, 6.45) is 2.56. The van der Waals surface area contributed by atoms with E-state index in [9.17, 15) is 9.59 Å². The highest BCUT2D eigenvalue weighted by Crippen LogP contribution is 2.29. The summed E-state index contributed by atoms with van der Waals surface area (Å²) in [7, 11) is 0. The molecular formula is C39H43N3O4. The van der Waals surface area contributed by atoms with Crippen molar-refractivity contribution in [3.8, 4) is 11.1 Å². The molecular weight excluding hydrogens is 574 g/mol. The fraction of sp³-hybridized carbons (Fsp3) is 0.308. The number of benzene rings is 4. The lowest BCUT2D eigenvalue weighted by atomic mass is 9.98. The second-order valence-electron chi connectivity index (χ2n) is 12.4. The van der Waals surface area contributed by atoms with Gasteiger partial charge in [-0.05, 0) is 80.6 Å². The van der Waals surface area contributed by atoms with Crippen LogP contribution in [-0.4, -0.2) is 33.8 Å². The van der Waals surface area contributed by atoms with Crippen molar-refractivity contribution in [2.45, 2.75) is 72.6 Å². The molecule has 7 nitrogen and oxygen atoms in total. The Morgan fingerprint density at radius 1 is 0.848 bits per heavy atom. The highest BCUT2D eigenvalue weighted by atomic mass is 16.6. The average molecular weight is 618 g/mol. The lowest BCUT2D eigenvalue weighted by molar-refractivity contribution is 0.00703. The molecule has 0 unspecified atom stereocenters. The van der Waals surface area contributed by atoms with Gasteiger partial charge in [0.25, 0.3) is 0 Å². The van der Waals surface area contributed by atoms with E-state index in [1.807, 2.05) is 100 Å². The Kier molecular flexibility index (Phi) is 10.2. The third kappa shape index (κ3) is 7.83. The lowest BCUT2D eigenvalue weighted by Gasteiger charge is -2.22. The number of rotatable bonds is 11. The zero-order valence-electron chi connectivity index (χ0n) is 27.5. The predicted molar refractivity (Wildman–Crippen MR) is 184 cm³/mol. The first-order valence-corrected chi connectivity index (χ1v) is 16.1. The molecule has 46 heavy (non-hydrogen) atoms. The maximum Gasteiger partial charge on any atom is 0.414 e. The molecule has 5 aromatic rings. The summed E-state index contributed by atoms with van der Waals surface area (Å²) < 4.78 is 13.4. The smallest absolute Gasteiger partial charge is 0.414 e. The van der Waals surface area contributed by atoms with E-state index in [1.54, 1.807) is 4.90 Å². The van der Waals surface area contributed by atoms with Crippen molar-refractivity contribution in [3.05, 3.63) is 120 Å². The molecule has 7 heteroatoms. The lowest BCUT2D eigenvalue weighted by Crippen LogP contribution is -2.31. The first-order valence-electron chi connectivity index (χ1n) is 16.1. The summed E-state index contributed by atoms with van der Waals surface area (Å²) in [4.78, 5) is 32.8. The number of aromatic nitrogens is 2. The molecule has 4 aromatic carbocycles. The van der Waals surface area contributed by atoms with Gasteiger partial charge < -0.3 is 14.0 Å². The number of carbonyl (C=O) groups is 2. The molecule has 5 rings (SSSR count). The number of unbranched alkanes of at least 4 members (excludes halogenated alkanes) is 1. The van der Waals surface area contributed by atoms with Crippen LogP contribution in [0.1, 0.15) is 74.8 Å². The molecule has 0 aliphatic heterocycles. The molecule has 0 bridgehead atoms. The molecule has 238 valence electrons. The Morgan fingerprint density at radius 3 is 2.26 bits per heavy atom. The minimum atomic E-state index is -0.578. The first kappa shape index (κ1) is 32.5. The van der Waals surface area contributed by atoms with Crippen LogP contribution in [0.5, 0.6) is 0 Å². The molecule has 0 aliphatic carbocycles. The van der Waals surface area contributed by atoms with Crippen molar-refractivity contribution in [1.82, 2.24) is 9.55 Å². The van der Waals surface area contributed by atoms with E-state index in [2.05, 4.69) is 35.8 Å². The zero-order valence-corrected chi connectivity index (χ0v) is 27.5. The maximum atomic E-state index is 13.1. The van der Waals surface area contributed by atoms with Crippen molar-refractivity contribution >= 4 is 28.8 Å². The monoisotopic (exact) mass is 617 g/mol. The molecule has 0 radical (unpaired) electrons. The second-order valence-corrected chi connectivity index (χ2v) is 12.4. The molecule has 0 spiro atoms. The summed E-state index contributed by atoms with van der Waals surface area (Å²) in [6, 6.07) is 31.8.